The third-order valence-electron chi connectivity index (χ3n) is 5.98. The van der Waals surface area contributed by atoms with E-state index >= 15 is 0 Å². The second-order valence-corrected chi connectivity index (χ2v) is 8.95. The molecule has 1 amide bonds. The highest BCUT2D eigenvalue weighted by molar-refractivity contribution is 7.99. The minimum Gasteiger partial charge on any atom is -0.311 e. The molecule has 0 radical (unpaired) electrons. The molecule has 0 bridgehead atoms. The molecule has 0 unspecified atom stereocenters. The standard InChI is InChI=1S/C24H25N5O2S/c1-2-3-8-14-28-22(31)18-10-5-7-12-20(18)29-23(28)25-26-24(29)32-16-21(30)27-15-13-17-9-4-6-11-19(17)27/h4-7,9-12H,2-3,8,13-16H2,1H3. The number of anilines is 1. The lowest BCUT2D eigenvalue weighted by atomic mass is 10.2. The number of aryl methyl sites for hydroxylation is 1. The summed E-state index contributed by atoms with van der Waals surface area (Å²) in [6.07, 6.45) is 3.92. The number of amides is 1. The average molecular weight is 448 g/mol. The van der Waals surface area contributed by atoms with Crippen LogP contribution in [0.3, 0.4) is 0 Å². The molecule has 8 heteroatoms. The molecule has 0 spiro atoms. The zero-order valence-corrected chi connectivity index (χ0v) is 18.8. The number of thioether (sulfide) groups is 1. The number of hydrogen-bond acceptors (Lipinski definition) is 5. The number of carbonyl (C=O) groups is 1. The number of benzene rings is 2. The maximum atomic E-state index is 13.1. The Labute approximate surface area is 190 Å². The Balaban J connectivity index is 1.47. The number of hydrogen-bond donors (Lipinski definition) is 0. The molecule has 0 atom stereocenters. The summed E-state index contributed by atoms with van der Waals surface area (Å²) in [5, 5.41) is 9.98. The number of fused-ring (bicyclic) bond motifs is 4. The van der Waals surface area contributed by atoms with Crippen LogP contribution in [-0.4, -0.2) is 37.4 Å². The predicted molar refractivity (Wildman–Crippen MR) is 128 cm³/mol. The van der Waals surface area contributed by atoms with Gasteiger partial charge in [-0.25, -0.2) is 0 Å². The van der Waals surface area contributed by atoms with Gasteiger partial charge in [-0.1, -0.05) is 61.9 Å². The predicted octanol–water partition coefficient (Wildman–Crippen LogP) is 3.92. The molecule has 0 saturated carbocycles. The second kappa shape index (κ2) is 8.78. The van der Waals surface area contributed by atoms with Crippen molar-refractivity contribution >= 4 is 40.0 Å². The van der Waals surface area contributed by atoms with Gasteiger partial charge in [-0.3, -0.25) is 18.6 Å². The summed E-state index contributed by atoms with van der Waals surface area (Å²) in [6.45, 7) is 3.45. The lowest BCUT2D eigenvalue weighted by Gasteiger charge is -2.16. The Kier molecular flexibility index (Phi) is 5.70. The Hall–Kier alpha value is -3.13. The van der Waals surface area contributed by atoms with Crippen LogP contribution in [0, 0.1) is 0 Å². The van der Waals surface area contributed by atoms with Gasteiger partial charge in [0.2, 0.25) is 11.7 Å². The van der Waals surface area contributed by atoms with E-state index < -0.39 is 0 Å². The van der Waals surface area contributed by atoms with Gasteiger partial charge < -0.3 is 4.90 Å². The van der Waals surface area contributed by atoms with E-state index in [0.29, 0.717) is 29.4 Å². The smallest absolute Gasteiger partial charge is 0.262 e. The molecule has 0 N–H and O–H groups in total. The van der Waals surface area contributed by atoms with Crippen LogP contribution < -0.4 is 10.5 Å². The number of rotatable bonds is 7. The van der Waals surface area contributed by atoms with Crippen molar-refractivity contribution in [2.24, 2.45) is 0 Å². The van der Waals surface area contributed by atoms with E-state index in [2.05, 4.69) is 23.2 Å². The van der Waals surface area contributed by atoms with Gasteiger partial charge in [-0.15, -0.1) is 10.2 Å². The van der Waals surface area contributed by atoms with Crippen LogP contribution in [0.25, 0.3) is 16.7 Å². The quantitative estimate of drug-likeness (QED) is 0.317. The first-order valence-corrected chi connectivity index (χ1v) is 12.1. The first kappa shape index (κ1) is 20.8. The van der Waals surface area contributed by atoms with Crippen LogP contribution >= 0.6 is 11.8 Å². The SMILES string of the molecule is CCCCCn1c(=O)c2ccccc2n2c(SCC(=O)N3CCc4ccccc43)nnc12. The molecule has 3 heterocycles. The van der Waals surface area contributed by atoms with Crippen molar-refractivity contribution in [2.45, 2.75) is 44.3 Å². The molecular formula is C24H25N5O2S. The fraction of sp³-hybridized carbons (Fsp3) is 0.333. The summed E-state index contributed by atoms with van der Waals surface area (Å²) in [4.78, 5) is 28.0. The second-order valence-electron chi connectivity index (χ2n) is 8.01. The normalized spacial score (nSPS) is 13.2. The average Bonchev–Trinajstić information content (AvgIpc) is 3.44. The van der Waals surface area contributed by atoms with E-state index in [4.69, 9.17) is 0 Å². The van der Waals surface area contributed by atoms with Crippen LogP contribution in [0.2, 0.25) is 0 Å². The van der Waals surface area contributed by atoms with E-state index in [0.717, 1.165) is 36.9 Å². The molecule has 32 heavy (non-hydrogen) atoms. The highest BCUT2D eigenvalue weighted by Crippen LogP contribution is 2.29. The molecule has 0 fully saturated rings. The van der Waals surface area contributed by atoms with Crippen molar-refractivity contribution in [2.75, 3.05) is 17.2 Å². The third-order valence-corrected chi connectivity index (χ3v) is 6.89. The maximum absolute atomic E-state index is 13.1. The number of aromatic nitrogens is 4. The summed E-state index contributed by atoms with van der Waals surface area (Å²) >= 11 is 1.37. The fourth-order valence-electron chi connectivity index (χ4n) is 4.35. The molecule has 164 valence electrons. The molecule has 0 aliphatic carbocycles. The van der Waals surface area contributed by atoms with Gasteiger partial charge >= 0.3 is 0 Å². The van der Waals surface area contributed by atoms with Crippen LogP contribution in [-0.2, 0) is 17.8 Å². The minimum atomic E-state index is -0.0436. The Morgan fingerprint density at radius 2 is 1.88 bits per heavy atom. The Morgan fingerprint density at radius 3 is 2.75 bits per heavy atom. The molecule has 1 aliphatic rings. The van der Waals surface area contributed by atoms with Gasteiger partial charge in [0.05, 0.1) is 16.7 Å². The van der Waals surface area contributed by atoms with Gasteiger partial charge in [0.25, 0.3) is 5.56 Å². The van der Waals surface area contributed by atoms with Crippen molar-refractivity contribution in [3.63, 3.8) is 0 Å². The summed E-state index contributed by atoms with van der Waals surface area (Å²) in [5.41, 5.74) is 2.93. The summed E-state index contributed by atoms with van der Waals surface area (Å²) in [5.74, 6) is 0.849. The third kappa shape index (κ3) is 3.58. The molecule has 5 rings (SSSR count). The van der Waals surface area contributed by atoms with Crippen LogP contribution in [0.1, 0.15) is 31.7 Å². The molecular weight excluding hydrogens is 422 g/mol. The van der Waals surface area contributed by atoms with Crippen molar-refractivity contribution in [1.82, 2.24) is 19.2 Å². The fourth-order valence-corrected chi connectivity index (χ4v) is 5.17. The summed E-state index contributed by atoms with van der Waals surface area (Å²) < 4.78 is 3.63. The largest absolute Gasteiger partial charge is 0.311 e. The number of nitrogens with zero attached hydrogens (tertiary/aromatic N) is 5. The highest BCUT2D eigenvalue weighted by atomic mass is 32.2. The summed E-state index contributed by atoms with van der Waals surface area (Å²) in [6, 6.07) is 15.6. The molecule has 2 aromatic carbocycles. The first-order chi connectivity index (χ1) is 15.7. The zero-order chi connectivity index (χ0) is 22.1. The lowest BCUT2D eigenvalue weighted by Crippen LogP contribution is -2.30. The monoisotopic (exact) mass is 447 g/mol. The van der Waals surface area contributed by atoms with Gasteiger partial charge in [0, 0.05) is 18.8 Å². The van der Waals surface area contributed by atoms with E-state index in [9.17, 15) is 9.59 Å². The van der Waals surface area contributed by atoms with E-state index in [-0.39, 0.29) is 17.2 Å². The van der Waals surface area contributed by atoms with Crippen molar-refractivity contribution in [3.05, 3.63) is 64.4 Å². The first-order valence-electron chi connectivity index (χ1n) is 11.1. The Bertz CT molecular complexity index is 1360. The van der Waals surface area contributed by atoms with E-state index in [1.807, 2.05) is 51.8 Å². The van der Waals surface area contributed by atoms with E-state index in [1.54, 1.807) is 4.57 Å². The number of carbonyl (C=O) groups excluding carboxylic acids is 1. The van der Waals surface area contributed by atoms with Crippen LogP contribution in [0.4, 0.5) is 5.69 Å². The zero-order valence-electron chi connectivity index (χ0n) is 18.0. The summed E-state index contributed by atoms with van der Waals surface area (Å²) in [7, 11) is 0. The molecule has 1 aliphatic heterocycles. The number of para-hydroxylation sites is 2. The van der Waals surface area contributed by atoms with Crippen molar-refractivity contribution in [1.29, 1.82) is 0 Å². The van der Waals surface area contributed by atoms with Crippen LogP contribution in [0.15, 0.2) is 58.5 Å². The minimum absolute atomic E-state index is 0.0436. The van der Waals surface area contributed by atoms with Gasteiger partial charge in [-0.05, 0) is 36.6 Å². The highest BCUT2D eigenvalue weighted by Gasteiger charge is 2.25. The lowest BCUT2D eigenvalue weighted by molar-refractivity contribution is -0.116. The Morgan fingerprint density at radius 1 is 1.06 bits per heavy atom. The van der Waals surface area contributed by atoms with E-state index in [1.165, 1.54) is 17.3 Å². The molecule has 7 nitrogen and oxygen atoms in total. The molecule has 0 saturated heterocycles. The molecule has 4 aromatic rings. The van der Waals surface area contributed by atoms with Gasteiger partial charge in [0.15, 0.2) is 5.16 Å². The topological polar surface area (TPSA) is 72.5 Å². The molecule has 2 aromatic heterocycles. The van der Waals surface area contributed by atoms with Crippen molar-refractivity contribution in [3.8, 4) is 0 Å². The van der Waals surface area contributed by atoms with Crippen LogP contribution in [0.5, 0.6) is 0 Å². The van der Waals surface area contributed by atoms with Crippen molar-refractivity contribution < 1.29 is 4.79 Å². The van der Waals surface area contributed by atoms with Gasteiger partial charge in [0.1, 0.15) is 0 Å². The maximum Gasteiger partial charge on any atom is 0.262 e. The van der Waals surface area contributed by atoms with Gasteiger partial charge in [-0.2, -0.15) is 0 Å². The number of unbranched alkanes of at least 4 members (excludes halogenated alkanes) is 2.